The van der Waals surface area contributed by atoms with Gasteiger partial charge in [-0.2, -0.15) is 11.8 Å². The van der Waals surface area contributed by atoms with E-state index in [4.69, 9.17) is 0 Å². The van der Waals surface area contributed by atoms with Crippen LogP contribution in [0.3, 0.4) is 0 Å². The number of nitrogens with one attached hydrogen (secondary N) is 1. The second kappa shape index (κ2) is 13.7. The van der Waals surface area contributed by atoms with Crippen molar-refractivity contribution in [3.05, 3.63) is 120 Å². The maximum Gasteiger partial charge on any atom is 0.326 e. The van der Waals surface area contributed by atoms with Gasteiger partial charge in [0.05, 0.1) is 17.1 Å². The topological polar surface area (TPSA) is 104 Å². The fourth-order valence-corrected chi connectivity index (χ4v) is 6.45. The Morgan fingerprint density at radius 1 is 0.929 bits per heavy atom. The SMILES string of the molecule is CSCC[C@H](NC(=O)c1ccc(CN(c2ccccc2)S(=O)(=O)c2ccc(F)cc2)cc1-c1ccccc1C)C(=O)O. The fraction of sp³-hybridized carbons (Fsp3) is 0.188. The zero-order valence-corrected chi connectivity index (χ0v) is 24.8. The summed E-state index contributed by atoms with van der Waals surface area (Å²) in [5.41, 5.74) is 3.48. The standard InChI is InChI=1S/C32H31FN2O5S2/c1-22-8-6-7-11-27(22)29-20-23(12-17-28(29)31(36)34-30(32(37)38)18-19-41-2)21-35(25-9-4-3-5-10-25)42(39,40)26-15-13-24(33)14-16-26/h3-17,20,30H,18-19,21H2,1-2H3,(H,34,36)(H,37,38)/t30-/m0/s1. The first kappa shape index (κ1) is 30.8. The van der Waals surface area contributed by atoms with Gasteiger partial charge in [-0.1, -0.05) is 48.5 Å². The summed E-state index contributed by atoms with van der Waals surface area (Å²) in [6.07, 6.45) is 2.14. The zero-order chi connectivity index (χ0) is 30.3. The number of carboxylic acid groups (broad SMARTS) is 1. The minimum Gasteiger partial charge on any atom is -0.480 e. The molecule has 0 bridgehead atoms. The van der Waals surface area contributed by atoms with Crippen LogP contribution in [0.4, 0.5) is 10.1 Å². The van der Waals surface area contributed by atoms with Gasteiger partial charge in [0, 0.05) is 5.56 Å². The summed E-state index contributed by atoms with van der Waals surface area (Å²) >= 11 is 1.49. The number of amides is 1. The number of anilines is 1. The van der Waals surface area contributed by atoms with Crippen LogP contribution in [-0.2, 0) is 21.4 Å². The fourth-order valence-electron chi connectivity index (χ4n) is 4.52. The molecule has 0 saturated carbocycles. The Hall–Kier alpha value is -4.15. The molecule has 0 aliphatic carbocycles. The third kappa shape index (κ3) is 7.18. The second-order valence-corrected chi connectivity index (χ2v) is 12.5. The first-order valence-corrected chi connectivity index (χ1v) is 16.0. The summed E-state index contributed by atoms with van der Waals surface area (Å²) in [7, 11) is -4.10. The van der Waals surface area contributed by atoms with E-state index in [1.54, 1.807) is 48.5 Å². The molecule has 4 rings (SSSR count). The van der Waals surface area contributed by atoms with Crippen molar-refractivity contribution in [2.24, 2.45) is 0 Å². The van der Waals surface area contributed by atoms with Crippen LogP contribution in [-0.4, -0.2) is 43.5 Å². The molecule has 42 heavy (non-hydrogen) atoms. The Morgan fingerprint density at radius 2 is 1.60 bits per heavy atom. The molecule has 0 aromatic heterocycles. The van der Waals surface area contributed by atoms with Crippen molar-refractivity contribution in [2.75, 3.05) is 16.3 Å². The highest BCUT2D eigenvalue weighted by Crippen LogP contribution is 2.31. The summed E-state index contributed by atoms with van der Waals surface area (Å²) in [6, 6.07) is 24.6. The van der Waals surface area contributed by atoms with Crippen LogP contribution in [0.5, 0.6) is 0 Å². The van der Waals surface area contributed by atoms with Crippen molar-refractivity contribution in [1.82, 2.24) is 5.32 Å². The second-order valence-electron chi connectivity index (χ2n) is 9.64. The number of carbonyl (C=O) groups is 2. The lowest BCUT2D eigenvalue weighted by Gasteiger charge is -2.25. The molecule has 0 heterocycles. The molecule has 0 saturated heterocycles. The molecular formula is C32H31FN2O5S2. The van der Waals surface area contributed by atoms with Crippen LogP contribution in [0.2, 0.25) is 0 Å². The van der Waals surface area contributed by atoms with E-state index in [0.717, 1.165) is 23.3 Å². The molecule has 10 heteroatoms. The summed E-state index contributed by atoms with van der Waals surface area (Å²) in [5.74, 6) is -1.63. The van der Waals surface area contributed by atoms with Gasteiger partial charge >= 0.3 is 5.97 Å². The van der Waals surface area contributed by atoms with Crippen LogP contribution in [0.1, 0.15) is 27.9 Å². The van der Waals surface area contributed by atoms with Gasteiger partial charge in [0.1, 0.15) is 11.9 Å². The number of carboxylic acids is 1. The van der Waals surface area contributed by atoms with Crippen LogP contribution in [0.15, 0.2) is 102 Å². The average molecular weight is 607 g/mol. The van der Waals surface area contributed by atoms with Crippen molar-refractivity contribution >= 4 is 39.3 Å². The predicted octanol–water partition coefficient (Wildman–Crippen LogP) is 6.13. The number of halogens is 1. The Balaban J connectivity index is 1.78. The minimum atomic E-state index is -4.10. The predicted molar refractivity (Wildman–Crippen MR) is 165 cm³/mol. The van der Waals surface area contributed by atoms with Crippen molar-refractivity contribution in [3.63, 3.8) is 0 Å². The maximum atomic E-state index is 13.8. The first-order valence-electron chi connectivity index (χ1n) is 13.2. The molecule has 0 aliphatic heterocycles. The molecule has 0 unspecified atom stereocenters. The number of rotatable bonds is 12. The van der Waals surface area contributed by atoms with Crippen molar-refractivity contribution in [2.45, 2.75) is 30.8 Å². The van der Waals surface area contributed by atoms with Gasteiger partial charge in [-0.05, 0) is 96.1 Å². The highest BCUT2D eigenvalue weighted by Gasteiger charge is 2.27. The van der Waals surface area contributed by atoms with Gasteiger partial charge in [0.25, 0.3) is 15.9 Å². The molecule has 0 aliphatic rings. The molecule has 4 aromatic carbocycles. The largest absolute Gasteiger partial charge is 0.480 e. The Bertz CT molecular complexity index is 1660. The van der Waals surface area contributed by atoms with Gasteiger partial charge in [0.15, 0.2) is 0 Å². The van der Waals surface area contributed by atoms with E-state index >= 15 is 0 Å². The maximum absolute atomic E-state index is 13.8. The summed E-state index contributed by atoms with van der Waals surface area (Å²) in [4.78, 5) is 25.2. The number of hydrogen-bond donors (Lipinski definition) is 2. The molecule has 1 atom stereocenters. The number of aliphatic carboxylic acids is 1. The Labute approximate surface area is 249 Å². The van der Waals surface area contributed by atoms with Gasteiger partial charge in [0.2, 0.25) is 0 Å². The number of carbonyl (C=O) groups excluding carboxylic acids is 1. The third-order valence-electron chi connectivity index (χ3n) is 6.75. The van der Waals surface area contributed by atoms with Crippen molar-refractivity contribution in [1.29, 1.82) is 0 Å². The summed E-state index contributed by atoms with van der Waals surface area (Å²) in [5, 5.41) is 12.3. The number of sulfonamides is 1. The van der Waals surface area contributed by atoms with E-state index in [9.17, 15) is 27.5 Å². The summed E-state index contributed by atoms with van der Waals surface area (Å²) in [6.45, 7) is 1.83. The third-order valence-corrected chi connectivity index (χ3v) is 9.18. The minimum absolute atomic E-state index is 0.0622. The molecule has 2 N–H and O–H groups in total. The lowest BCUT2D eigenvalue weighted by atomic mass is 9.93. The quantitative estimate of drug-likeness (QED) is 0.201. The lowest BCUT2D eigenvalue weighted by Crippen LogP contribution is -2.41. The van der Waals surface area contributed by atoms with Gasteiger partial charge in [-0.15, -0.1) is 0 Å². The molecule has 7 nitrogen and oxygen atoms in total. The van der Waals surface area contributed by atoms with E-state index in [-0.39, 0.29) is 23.4 Å². The molecule has 0 radical (unpaired) electrons. The summed E-state index contributed by atoms with van der Waals surface area (Å²) < 4.78 is 42.4. The van der Waals surface area contributed by atoms with E-state index in [2.05, 4.69) is 5.32 Å². The van der Waals surface area contributed by atoms with Crippen LogP contribution in [0.25, 0.3) is 11.1 Å². The number of benzene rings is 4. The normalized spacial score (nSPS) is 12.0. The number of hydrogen-bond acceptors (Lipinski definition) is 5. The number of thioether (sulfide) groups is 1. The molecule has 4 aromatic rings. The highest BCUT2D eigenvalue weighted by atomic mass is 32.2. The molecular weight excluding hydrogens is 575 g/mol. The number of para-hydroxylation sites is 1. The molecule has 218 valence electrons. The van der Waals surface area contributed by atoms with Gasteiger partial charge < -0.3 is 10.4 Å². The van der Waals surface area contributed by atoms with E-state index in [1.165, 1.54) is 28.2 Å². The zero-order valence-electron chi connectivity index (χ0n) is 23.2. The van der Waals surface area contributed by atoms with Crippen molar-refractivity contribution in [3.8, 4) is 11.1 Å². The smallest absolute Gasteiger partial charge is 0.326 e. The van der Waals surface area contributed by atoms with Crippen LogP contribution >= 0.6 is 11.8 Å². The molecule has 1 amide bonds. The monoisotopic (exact) mass is 606 g/mol. The van der Waals surface area contributed by atoms with Crippen LogP contribution in [0, 0.1) is 12.7 Å². The Morgan fingerprint density at radius 3 is 2.24 bits per heavy atom. The van der Waals surface area contributed by atoms with E-state index < -0.39 is 33.8 Å². The molecule has 0 spiro atoms. The number of aryl methyl sites for hydroxylation is 1. The lowest BCUT2D eigenvalue weighted by molar-refractivity contribution is -0.139. The number of nitrogens with zero attached hydrogens (tertiary/aromatic N) is 1. The average Bonchev–Trinajstić information content (AvgIpc) is 2.98. The molecule has 0 fully saturated rings. The van der Waals surface area contributed by atoms with E-state index in [0.29, 0.717) is 22.6 Å². The highest BCUT2D eigenvalue weighted by molar-refractivity contribution is 7.98. The van der Waals surface area contributed by atoms with E-state index in [1.807, 2.05) is 37.4 Å². The first-order chi connectivity index (χ1) is 20.1. The van der Waals surface area contributed by atoms with Gasteiger partial charge in [-0.3, -0.25) is 9.10 Å². The van der Waals surface area contributed by atoms with Crippen molar-refractivity contribution < 1.29 is 27.5 Å². The van der Waals surface area contributed by atoms with Crippen LogP contribution < -0.4 is 9.62 Å². The van der Waals surface area contributed by atoms with Gasteiger partial charge in [-0.25, -0.2) is 17.6 Å². The Kier molecular flexibility index (Phi) is 10.0.